The number of H-pyrrole nitrogens is 1. The van der Waals surface area contributed by atoms with E-state index in [0.717, 1.165) is 12.4 Å². The van der Waals surface area contributed by atoms with Crippen molar-refractivity contribution in [2.24, 2.45) is 23.5 Å². The van der Waals surface area contributed by atoms with Crippen molar-refractivity contribution in [1.82, 2.24) is 20.2 Å². The molecule has 0 aliphatic heterocycles. The average molecular weight is 568 g/mol. The van der Waals surface area contributed by atoms with Crippen LogP contribution in [0.2, 0.25) is 0 Å². The third kappa shape index (κ3) is 4.22. The van der Waals surface area contributed by atoms with Gasteiger partial charge in [0.05, 0.1) is 18.0 Å². The van der Waals surface area contributed by atoms with Crippen LogP contribution in [-0.2, 0) is 27.3 Å². The summed E-state index contributed by atoms with van der Waals surface area (Å²) in [5, 5.41) is 47.2. The lowest BCUT2D eigenvalue weighted by molar-refractivity contribution is -0.184. The molecule has 14 nitrogen and oxygen atoms in total. The first kappa shape index (κ1) is 28.1. The Morgan fingerprint density at radius 3 is 2.56 bits per heavy atom. The Kier molecular flexibility index (Phi) is 6.80. The van der Waals surface area contributed by atoms with Gasteiger partial charge in [0.2, 0.25) is 11.7 Å². The minimum absolute atomic E-state index is 0.0314. The third-order valence-corrected chi connectivity index (χ3v) is 8.42. The lowest BCUT2D eigenvalue weighted by Crippen LogP contribution is -2.73. The van der Waals surface area contributed by atoms with E-state index in [-0.39, 0.29) is 42.0 Å². The Bertz CT molecular complexity index is 1580. The standard InChI is InChI=1S/C27H29N5O9/c1-32(2)20-13-6-11-5-12-10(8-29-26(40)14-7-16(34)31-9-30-14)3-4-15(33)18(12)21(35)17(11)23(37)27(13,41)24(38)19(22(20)36)25(28)39/h3-4,7,9,11,13,19-20,22,33,35-36,41H,5-6,8H2,1-2H3,(H2,28,39)(H,29,40)(H,30,31,34)/t11-,13-,19?,20?,22?,27-/m1/s1. The molecule has 2 fully saturated rings. The maximum Gasteiger partial charge on any atom is 0.270 e. The average Bonchev–Trinajstić information content (AvgIpc) is 2.89. The quantitative estimate of drug-likeness (QED) is 0.198. The maximum atomic E-state index is 13.9. The van der Waals surface area contributed by atoms with Gasteiger partial charge in [0.25, 0.3) is 11.5 Å². The van der Waals surface area contributed by atoms with Crippen LogP contribution in [0.5, 0.6) is 5.75 Å². The van der Waals surface area contributed by atoms with Crippen molar-refractivity contribution in [2.45, 2.75) is 37.1 Å². The molecule has 6 atom stereocenters. The minimum atomic E-state index is -2.74. The number of fused-ring (bicyclic) bond motifs is 3. The van der Waals surface area contributed by atoms with Gasteiger partial charge in [-0.3, -0.25) is 24.0 Å². The first-order chi connectivity index (χ1) is 19.3. The van der Waals surface area contributed by atoms with E-state index < -0.39 is 70.2 Å². The van der Waals surface area contributed by atoms with E-state index in [9.17, 15) is 44.4 Å². The predicted molar refractivity (Wildman–Crippen MR) is 140 cm³/mol. The topological polar surface area (TPSA) is 236 Å². The number of rotatable bonds is 5. The molecule has 0 radical (unpaired) electrons. The molecule has 41 heavy (non-hydrogen) atoms. The second-order valence-corrected chi connectivity index (χ2v) is 10.9. The smallest absolute Gasteiger partial charge is 0.270 e. The monoisotopic (exact) mass is 567 g/mol. The Hall–Kier alpha value is -4.40. The molecule has 1 aromatic heterocycles. The number of amides is 2. The molecule has 3 unspecified atom stereocenters. The molecule has 5 rings (SSSR count). The van der Waals surface area contributed by atoms with E-state index >= 15 is 0 Å². The van der Waals surface area contributed by atoms with Crippen molar-refractivity contribution in [3.8, 4) is 5.75 Å². The van der Waals surface area contributed by atoms with Gasteiger partial charge in [-0.25, -0.2) is 4.98 Å². The van der Waals surface area contributed by atoms with Crippen molar-refractivity contribution >= 4 is 29.1 Å². The van der Waals surface area contributed by atoms with Gasteiger partial charge in [-0.15, -0.1) is 0 Å². The van der Waals surface area contributed by atoms with Crippen LogP contribution in [0.15, 0.2) is 34.9 Å². The molecule has 0 saturated heterocycles. The van der Waals surface area contributed by atoms with E-state index in [0.29, 0.717) is 11.1 Å². The highest BCUT2D eigenvalue weighted by atomic mass is 16.3. The first-order valence-electron chi connectivity index (χ1n) is 12.8. The Labute approximate surface area is 232 Å². The van der Waals surface area contributed by atoms with Gasteiger partial charge in [-0.1, -0.05) is 6.07 Å². The predicted octanol–water partition coefficient (Wildman–Crippen LogP) is -1.86. The SMILES string of the molecule is CN(C)C1C(O)C(C(N)=O)C(=O)[C@]2(O)C(=O)C3=C(O)c4c(O)ccc(CNC(=O)c5cc(=O)[nH]cn5)c4C[C@@H]3C[C@H]12. The summed E-state index contributed by atoms with van der Waals surface area (Å²) >= 11 is 0. The van der Waals surface area contributed by atoms with Crippen molar-refractivity contribution in [3.63, 3.8) is 0 Å². The number of benzene rings is 1. The zero-order valence-corrected chi connectivity index (χ0v) is 22.1. The molecule has 0 spiro atoms. The highest BCUT2D eigenvalue weighted by molar-refractivity contribution is 6.25. The molecule has 2 saturated carbocycles. The molecule has 2 amide bonds. The van der Waals surface area contributed by atoms with E-state index in [1.807, 2.05) is 0 Å². The van der Waals surface area contributed by atoms with Crippen LogP contribution in [0.3, 0.4) is 0 Å². The Balaban J connectivity index is 1.56. The molecule has 0 bridgehead atoms. The number of nitrogens with one attached hydrogen (secondary N) is 2. The highest BCUT2D eigenvalue weighted by Crippen LogP contribution is 2.52. The fourth-order valence-electron chi connectivity index (χ4n) is 6.59. The number of nitrogens with zero attached hydrogens (tertiary/aromatic N) is 2. The zero-order chi connectivity index (χ0) is 30.0. The second kappa shape index (κ2) is 9.90. The number of phenols is 1. The molecule has 1 aromatic carbocycles. The number of nitrogens with two attached hydrogens (primary N) is 1. The number of hydrogen-bond donors (Lipinski definition) is 7. The van der Waals surface area contributed by atoms with Gasteiger partial charge in [0.15, 0.2) is 11.4 Å². The third-order valence-electron chi connectivity index (χ3n) is 8.42. The van der Waals surface area contributed by atoms with Gasteiger partial charge in [-0.05, 0) is 50.0 Å². The van der Waals surface area contributed by atoms with E-state index in [1.54, 1.807) is 14.1 Å². The van der Waals surface area contributed by atoms with Crippen LogP contribution in [-0.4, -0.2) is 90.5 Å². The first-order valence-corrected chi connectivity index (χ1v) is 12.8. The Morgan fingerprint density at radius 1 is 1.22 bits per heavy atom. The number of carbonyl (C=O) groups is 4. The van der Waals surface area contributed by atoms with Crippen molar-refractivity contribution in [1.29, 1.82) is 0 Å². The zero-order valence-electron chi connectivity index (χ0n) is 22.1. The molecule has 8 N–H and O–H groups in total. The summed E-state index contributed by atoms with van der Waals surface area (Å²) in [5.74, 6) is -8.91. The van der Waals surface area contributed by atoms with Crippen LogP contribution in [0.4, 0.5) is 0 Å². The molecular weight excluding hydrogens is 538 g/mol. The molecule has 2 aromatic rings. The summed E-state index contributed by atoms with van der Waals surface area (Å²) in [6.45, 7) is -0.0790. The van der Waals surface area contributed by atoms with Crippen LogP contribution >= 0.6 is 0 Å². The summed E-state index contributed by atoms with van der Waals surface area (Å²) < 4.78 is 0. The van der Waals surface area contributed by atoms with Crippen LogP contribution in [0.25, 0.3) is 5.76 Å². The highest BCUT2D eigenvalue weighted by Gasteiger charge is 2.67. The van der Waals surface area contributed by atoms with Crippen LogP contribution < -0.4 is 16.6 Å². The fourth-order valence-corrected chi connectivity index (χ4v) is 6.59. The van der Waals surface area contributed by atoms with Gasteiger partial charge < -0.3 is 41.4 Å². The normalized spacial score (nSPS) is 29.0. The largest absolute Gasteiger partial charge is 0.507 e. The summed E-state index contributed by atoms with van der Waals surface area (Å²) in [6.07, 6.45) is -0.447. The molecular formula is C27H29N5O9. The van der Waals surface area contributed by atoms with Crippen LogP contribution in [0.1, 0.15) is 33.6 Å². The molecule has 3 aliphatic rings. The maximum absolute atomic E-state index is 13.9. The van der Waals surface area contributed by atoms with Gasteiger partial charge in [0.1, 0.15) is 23.1 Å². The number of hydrogen-bond acceptors (Lipinski definition) is 11. The fraction of sp³-hybridized carbons (Fsp3) is 0.407. The lowest BCUT2D eigenvalue weighted by atomic mass is 9.54. The number of aromatic nitrogens is 2. The van der Waals surface area contributed by atoms with Crippen molar-refractivity contribution < 1.29 is 39.6 Å². The van der Waals surface area contributed by atoms with Gasteiger partial charge in [0, 0.05) is 30.1 Å². The second-order valence-electron chi connectivity index (χ2n) is 10.9. The number of Topliss-reactive ketones (excluding diaryl/α,β-unsaturated/α-hetero) is 2. The molecule has 3 aliphatic carbocycles. The number of likely N-dealkylation sites (N-methyl/N-ethyl adjacent to an activating group) is 1. The van der Waals surface area contributed by atoms with Crippen molar-refractivity contribution in [3.05, 3.63) is 62.8 Å². The summed E-state index contributed by atoms with van der Waals surface area (Å²) in [5.41, 5.74) is 2.56. The molecule has 216 valence electrons. The number of primary amides is 1. The number of carbonyl (C=O) groups excluding carboxylic acids is 4. The van der Waals surface area contributed by atoms with Gasteiger partial charge >= 0.3 is 0 Å². The summed E-state index contributed by atoms with van der Waals surface area (Å²) in [4.78, 5) is 71.1. The number of aliphatic hydroxyl groups is 3. The van der Waals surface area contributed by atoms with E-state index in [4.69, 9.17) is 5.73 Å². The number of aliphatic hydroxyl groups excluding tert-OH is 2. The van der Waals surface area contributed by atoms with Crippen LogP contribution in [0, 0.1) is 17.8 Å². The number of aromatic hydroxyl groups is 1. The number of ketones is 2. The molecule has 14 heteroatoms. The lowest BCUT2D eigenvalue weighted by Gasteiger charge is -2.53. The Morgan fingerprint density at radius 2 is 1.93 bits per heavy atom. The van der Waals surface area contributed by atoms with E-state index in [2.05, 4.69) is 15.3 Å². The number of aromatic amines is 1. The summed E-state index contributed by atoms with van der Waals surface area (Å²) in [6, 6.07) is 2.82. The molecule has 1 heterocycles. The van der Waals surface area contributed by atoms with Gasteiger partial charge in [-0.2, -0.15) is 0 Å². The van der Waals surface area contributed by atoms with Crippen molar-refractivity contribution in [2.75, 3.05) is 14.1 Å². The summed E-state index contributed by atoms with van der Waals surface area (Å²) in [7, 11) is 3.14. The minimum Gasteiger partial charge on any atom is -0.507 e. The van der Waals surface area contributed by atoms with E-state index in [1.165, 1.54) is 17.0 Å². The number of phenolic OH excluding ortho intramolecular Hbond substituents is 1.